The van der Waals surface area contributed by atoms with Crippen LogP contribution in [0.4, 0.5) is 0 Å². The van der Waals surface area contributed by atoms with Crippen molar-refractivity contribution in [3.63, 3.8) is 0 Å². The van der Waals surface area contributed by atoms with Gasteiger partial charge in [0.05, 0.1) is 12.2 Å². The zero-order valence-corrected chi connectivity index (χ0v) is 8.03. The van der Waals surface area contributed by atoms with Gasteiger partial charge in [-0.3, -0.25) is 0 Å². The number of rotatable bonds is 6. The van der Waals surface area contributed by atoms with Crippen molar-refractivity contribution in [2.45, 2.75) is 51.7 Å². The molecule has 0 aliphatic rings. The number of hydrogen-bond acceptors (Lipinski definition) is 2. The van der Waals surface area contributed by atoms with Gasteiger partial charge in [0.1, 0.15) is 0 Å². The summed E-state index contributed by atoms with van der Waals surface area (Å²) in [6.07, 6.45) is 6.22. The van der Waals surface area contributed by atoms with Crippen LogP contribution in [0.25, 0.3) is 0 Å². The van der Waals surface area contributed by atoms with E-state index in [4.69, 9.17) is 0 Å². The van der Waals surface area contributed by atoms with Crippen LogP contribution >= 0.6 is 0 Å². The summed E-state index contributed by atoms with van der Waals surface area (Å²) in [5.74, 6) is 0. The maximum Gasteiger partial charge on any atom is 0.0575 e. The molecule has 2 atom stereocenters. The van der Waals surface area contributed by atoms with Crippen molar-refractivity contribution < 1.29 is 10.2 Å². The fourth-order valence-corrected chi connectivity index (χ4v) is 1.000. The smallest absolute Gasteiger partial charge is 0.0575 e. The second-order valence-corrected chi connectivity index (χ2v) is 3.10. The second kappa shape index (κ2) is 7.32. The van der Waals surface area contributed by atoms with Crippen molar-refractivity contribution in [1.82, 2.24) is 0 Å². The molecule has 2 nitrogen and oxygen atoms in total. The fourth-order valence-electron chi connectivity index (χ4n) is 1.000. The minimum atomic E-state index is -0.289. The Bertz CT molecular complexity index is 121. The van der Waals surface area contributed by atoms with Gasteiger partial charge in [-0.15, -0.1) is 0 Å². The van der Waals surface area contributed by atoms with Crippen molar-refractivity contribution in [3.8, 4) is 0 Å². The summed E-state index contributed by atoms with van der Waals surface area (Å²) >= 11 is 0. The van der Waals surface area contributed by atoms with Gasteiger partial charge in [-0.05, 0) is 32.6 Å². The van der Waals surface area contributed by atoms with Gasteiger partial charge >= 0.3 is 0 Å². The molecule has 0 spiro atoms. The Balaban J connectivity index is 3.36. The van der Waals surface area contributed by atoms with Crippen molar-refractivity contribution in [2.75, 3.05) is 0 Å². The van der Waals surface area contributed by atoms with Gasteiger partial charge in [0.25, 0.3) is 0 Å². The Morgan fingerprint density at radius 3 is 2.25 bits per heavy atom. The highest BCUT2D eigenvalue weighted by molar-refractivity contribution is 4.80. The van der Waals surface area contributed by atoms with E-state index in [9.17, 15) is 10.2 Å². The van der Waals surface area contributed by atoms with Gasteiger partial charge in [-0.25, -0.2) is 0 Å². The highest BCUT2D eigenvalue weighted by Gasteiger charge is 2.05. The van der Waals surface area contributed by atoms with Crippen molar-refractivity contribution in [1.29, 1.82) is 0 Å². The molecule has 0 aliphatic heterocycles. The van der Waals surface area contributed by atoms with E-state index in [-0.39, 0.29) is 12.2 Å². The van der Waals surface area contributed by atoms with Crippen LogP contribution in [0.2, 0.25) is 0 Å². The lowest BCUT2D eigenvalue weighted by molar-refractivity contribution is 0.113. The molecule has 0 aliphatic carbocycles. The second-order valence-electron chi connectivity index (χ2n) is 3.10. The molecule has 2 N–H and O–H groups in total. The molecule has 0 amide bonds. The van der Waals surface area contributed by atoms with Crippen LogP contribution in [0.5, 0.6) is 0 Å². The molecule has 0 radical (unpaired) electrons. The molecule has 0 aromatic heterocycles. The van der Waals surface area contributed by atoms with Crippen LogP contribution in [0, 0.1) is 0 Å². The van der Waals surface area contributed by atoms with E-state index in [0.717, 1.165) is 6.42 Å². The predicted octanol–water partition coefficient (Wildman–Crippen LogP) is 1.86. The van der Waals surface area contributed by atoms with E-state index in [1.54, 1.807) is 0 Å². The normalized spacial score (nSPS) is 16.7. The molecule has 0 saturated carbocycles. The Morgan fingerprint density at radius 2 is 1.75 bits per heavy atom. The molecule has 0 saturated heterocycles. The van der Waals surface area contributed by atoms with Crippen LogP contribution in [0.15, 0.2) is 12.2 Å². The first-order valence-corrected chi connectivity index (χ1v) is 4.68. The van der Waals surface area contributed by atoms with Crippen LogP contribution in [0.3, 0.4) is 0 Å². The standard InChI is InChI=1S/C10H20O2/c1-3-5-6-10(12)8-7-9(11)4-2/h3,5,9-12H,4,6-8H2,1-2H3/b5-3-/t9-,10?/m1/s1. The summed E-state index contributed by atoms with van der Waals surface area (Å²) in [6, 6.07) is 0. The van der Waals surface area contributed by atoms with Crippen LogP contribution in [0.1, 0.15) is 39.5 Å². The third kappa shape index (κ3) is 6.38. The van der Waals surface area contributed by atoms with Crippen LogP contribution in [-0.2, 0) is 0 Å². The quantitative estimate of drug-likeness (QED) is 0.600. The molecule has 0 rings (SSSR count). The Morgan fingerprint density at radius 1 is 1.17 bits per heavy atom. The summed E-state index contributed by atoms with van der Waals surface area (Å²) < 4.78 is 0. The lowest BCUT2D eigenvalue weighted by Gasteiger charge is -2.10. The van der Waals surface area contributed by atoms with E-state index in [1.807, 2.05) is 26.0 Å². The van der Waals surface area contributed by atoms with Crippen LogP contribution < -0.4 is 0 Å². The summed E-state index contributed by atoms with van der Waals surface area (Å²) in [5.41, 5.74) is 0. The number of aliphatic hydroxyl groups is 2. The molecular weight excluding hydrogens is 152 g/mol. The third-order valence-electron chi connectivity index (χ3n) is 1.95. The lowest BCUT2D eigenvalue weighted by atomic mass is 10.1. The number of allylic oxidation sites excluding steroid dienone is 1. The first-order valence-electron chi connectivity index (χ1n) is 4.68. The van der Waals surface area contributed by atoms with Gasteiger partial charge in [-0.2, -0.15) is 0 Å². The Labute approximate surface area is 74.9 Å². The van der Waals surface area contributed by atoms with E-state index in [2.05, 4.69) is 0 Å². The summed E-state index contributed by atoms with van der Waals surface area (Å²) in [5, 5.41) is 18.6. The zero-order valence-electron chi connectivity index (χ0n) is 8.03. The monoisotopic (exact) mass is 172 g/mol. The first kappa shape index (κ1) is 11.7. The van der Waals surface area contributed by atoms with Crippen molar-refractivity contribution in [3.05, 3.63) is 12.2 Å². The molecule has 2 heteroatoms. The summed E-state index contributed by atoms with van der Waals surface area (Å²) in [4.78, 5) is 0. The number of hydrogen-bond donors (Lipinski definition) is 2. The third-order valence-corrected chi connectivity index (χ3v) is 1.95. The Hall–Kier alpha value is -0.340. The van der Waals surface area contributed by atoms with Gasteiger partial charge in [0, 0.05) is 0 Å². The zero-order chi connectivity index (χ0) is 9.40. The topological polar surface area (TPSA) is 40.5 Å². The Kier molecular flexibility index (Phi) is 7.11. The van der Waals surface area contributed by atoms with E-state index in [1.165, 1.54) is 0 Å². The van der Waals surface area contributed by atoms with Gasteiger partial charge in [0.15, 0.2) is 0 Å². The SMILES string of the molecule is C/C=C\CC(O)CC[C@H](O)CC. The van der Waals surface area contributed by atoms with Gasteiger partial charge < -0.3 is 10.2 Å². The predicted molar refractivity (Wildman–Crippen MR) is 51.0 cm³/mol. The van der Waals surface area contributed by atoms with Gasteiger partial charge in [-0.1, -0.05) is 19.1 Å². The molecule has 0 heterocycles. The highest BCUT2D eigenvalue weighted by Crippen LogP contribution is 2.07. The van der Waals surface area contributed by atoms with Crippen LogP contribution in [-0.4, -0.2) is 22.4 Å². The molecule has 0 bridgehead atoms. The summed E-state index contributed by atoms with van der Waals surface area (Å²) in [7, 11) is 0. The molecule has 0 fully saturated rings. The lowest BCUT2D eigenvalue weighted by Crippen LogP contribution is -2.11. The maximum absolute atomic E-state index is 9.36. The van der Waals surface area contributed by atoms with Crippen molar-refractivity contribution in [2.24, 2.45) is 0 Å². The van der Waals surface area contributed by atoms with Crippen molar-refractivity contribution >= 4 is 0 Å². The average Bonchev–Trinajstić information content (AvgIpc) is 2.10. The van der Waals surface area contributed by atoms with E-state index >= 15 is 0 Å². The fraction of sp³-hybridized carbons (Fsp3) is 0.800. The molecule has 72 valence electrons. The largest absolute Gasteiger partial charge is 0.393 e. The maximum atomic E-state index is 9.36. The molecular formula is C10H20O2. The average molecular weight is 172 g/mol. The van der Waals surface area contributed by atoms with E-state index < -0.39 is 0 Å². The number of aliphatic hydroxyl groups excluding tert-OH is 2. The van der Waals surface area contributed by atoms with E-state index in [0.29, 0.717) is 19.3 Å². The molecule has 12 heavy (non-hydrogen) atoms. The summed E-state index contributed by atoms with van der Waals surface area (Å²) in [6.45, 7) is 3.89. The van der Waals surface area contributed by atoms with Gasteiger partial charge in [0.2, 0.25) is 0 Å². The minimum absolute atomic E-state index is 0.245. The molecule has 0 aromatic carbocycles. The molecule has 1 unspecified atom stereocenters. The first-order chi connectivity index (χ1) is 5.70. The molecule has 0 aromatic rings. The minimum Gasteiger partial charge on any atom is -0.393 e. The highest BCUT2D eigenvalue weighted by atomic mass is 16.3.